The largest absolute Gasteiger partial charge is 0.480 e. The van der Waals surface area contributed by atoms with Crippen molar-refractivity contribution in [2.75, 3.05) is 27.3 Å². The number of hydrogen-bond donors (Lipinski definition) is 2. The fraction of sp³-hybridized carbons (Fsp3) is 0.800. The number of aliphatic carboxylic acids is 1. The third kappa shape index (κ3) is 5.55. The van der Waals surface area contributed by atoms with Gasteiger partial charge in [-0.1, -0.05) is 13.3 Å². The predicted octanol–water partition coefficient (Wildman–Crippen LogP) is 0.527. The van der Waals surface area contributed by atoms with Crippen molar-refractivity contribution in [1.82, 2.24) is 10.2 Å². The monoisotopic (exact) mass is 232 g/mol. The topological polar surface area (TPSA) is 78.9 Å². The van der Waals surface area contributed by atoms with E-state index >= 15 is 0 Å². The van der Waals surface area contributed by atoms with Gasteiger partial charge in [0, 0.05) is 20.7 Å². The maximum absolute atomic E-state index is 11.5. The van der Waals surface area contributed by atoms with E-state index < -0.39 is 18.0 Å². The maximum Gasteiger partial charge on any atom is 0.326 e. The molecular weight excluding hydrogens is 212 g/mol. The van der Waals surface area contributed by atoms with Crippen LogP contribution in [0.15, 0.2) is 0 Å². The Morgan fingerprint density at radius 1 is 1.50 bits per heavy atom. The molecule has 0 aliphatic heterocycles. The number of methoxy groups -OCH3 is 1. The second-order valence-corrected chi connectivity index (χ2v) is 3.54. The van der Waals surface area contributed by atoms with Crippen molar-refractivity contribution in [3.8, 4) is 0 Å². The minimum absolute atomic E-state index is 0.391. The molecule has 0 heterocycles. The van der Waals surface area contributed by atoms with Gasteiger partial charge in [-0.05, 0) is 6.42 Å². The molecule has 6 nitrogen and oxygen atoms in total. The molecule has 0 saturated carbocycles. The van der Waals surface area contributed by atoms with Gasteiger partial charge in [-0.25, -0.2) is 9.59 Å². The van der Waals surface area contributed by atoms with Crippen LogP contribution in [0.2, 0.25) is 0 Å². The zero-order chi connectivity index (χ0) is 12.6. The maximum atomic E-state index is 11.5. The number of carbonyl (C=O) groups is 2. The molecule has 2 N–H and O–H groups in total. The summed E-state index contributed by atoms with van der Waals surface area (Å²) >= 11 is 0. The number of urea groups is 1. The van der Waals surface area contributed by atoms with E-state index in [9.17, 15) is 9.59 Å². The number of ether oxygens (including phenoxy) is 1. The molecular formula is C10H20N2O4. The van der Waals surface area contributed by atoms with E-state index in [0.29, 0.717) is 26.0 Å². The van der Waals surface area contributed by atoms with Crippen molar-refractivity contribution in [1.29, 1.82) is 0 Å². The average molecular weight is 232 g/mol. The normalized spacial score (nSPS) is 11.9. The zero-order valence-corrected chi connectivity index (χ0v) is 10.0. The van der Waals surface area contributed by atoms with Crippen molar-refractivity contribution < 1.29 is 19.4 Å². The van der Waals surface area contributed by atoms with Gasteiger partial charge in [0.25, 0.3) is 0 Å². The minimum Gasteiger partial charge on any atom is -0.480 e. The van der Waals surface area contributed by atoms with Gasteiger partial charge in [-0.3, -0.25) is 0 Å². The molecule has 2 amide bonds. The molecule has 0 unspecified atom stereocenters. The molecule has 0 radical (unpaired) electrons. The number of carboxylic acid groups (broad SMARTS) is 1. The molecule has 0 spiro atoms. The molecule has 0 aromatic heterocycles. The van der Waals surface area contributed by atoms with Crippen LogP contribution < -0.4 is 5.32 Å². The number of rotatable bonds is 7. The van der Waals surface area contributed by atoms with Gasteiger partial charge in [0.15, 0.2) is 0 Å². The lowest BCUT2D eigenvalue weighted by Crippen LogP contribution is -2.47. The molecule has 0 fully saturated rings. The molecule has 1 atom stereocenters. The molecule has 0 rings (SSSR count). The summed E-state index contributed by atoms with van der Waals surface area (Å²) in [5, 5.41) is 11.3. The second kappa shape index (κ2) is 7.92. The Kier molecular flexibility index (Phi) is 7.28. The number of likely N-dealkylation sites (N-methyl/N-ethyl adjacent to an activating group) is 1. The van der Waals surface area contributed by atoms with Gasteiger partial charge in [0.1, 0.15) is 6.04 Å². The summed E-state index contributed by atoms with van der Waals surface area (Å²) in [5.74, 6) is -1.00. The second-order valence-electron chi connectivity index (χ2n) is 3.54. The molecule has 16 heavy (non-hydrogen) atoms. The standard InChI is InChI=1S/C10H20N2O4/c1-4-5-8(9(13)14)11-10(15)12(2)6-7-16-3/h8H,4-7H2,1-3H3,(H,11,15)(H,13,14)/t8-/m0/s1. The SMILES string of the molecule is CCC[C@H](NC(=O)N(C)CCOC)C(=O)O. The Bertz CT molecular complexity index is 233. The summed E-state index contributed by atoms with van der Waals surface area (Å²) in [6.45, 7) is 2.73. The third-order valence-electron chi connectivity index (χ3n) is 2.15. The number of carbonyl (C=O) groups excluding carboxylic acids is 1. The summed E-state index contributed by atoms with van der Waals surface area (Å²) in [7, 11) is 3.14. The molecule has 0 bridgehead atoms. The van der Waals surface area contributed by atoms with E-state index in [2.05, 4.69) is 5.32 Å². The Balaban J connectivity index is 4.12. The highest BCUT2D eigenvalue weighted by molar-refractivity contribution is 5.82. The summed E-state index contributed by atoms with van der Waals surface area (Å²) < 4.78 is 4.82. The highest BCUT2D eigenvalue weighted by Gasteiger charge is 2.20. The van der Waals surface area contributed by atoms with Crippen molar-refractivity contribution in [3.05, 3.63) is 0 Å². The number of nitrogens with zero attached hydrogens (tertiary/aromatic N) is 1. The van der Waals surface area contributed by atoms with Crippen LogP contribution in [0, 0.1) is 0 Å². The van der Waals surface area contributed by atoms with Crippen LogP contribution in [0.3, 0.4) is 0 Å². The van der Waals surface area contributed by atoms with Crippen LogP contribution in [0.5, 0.6) is 0 Å². The van der Waals surface area contributed by atoms with Crippen molar-refractivity contribution in [3.63, 3.8) is 0 Å². The van der Waals surface area contributed by atoms with E-state index in [1.54, 1.807) is 14.2 Å². The van der Waals surface area contributed by atoms with Crippen LogP contribution >= 0.6 is 0 Å². The highest BCUT2D eigenvalue weighted by atomic mass is 16.5. The number of nitrogens with one attached hydrogen (secondary N) is 1. The highest BCUT2D eigenvalue weighted by Crippen LogP contribution is 1.98. The van der Waals surface area contributed by atoms with Crippen LogP contribution in [0.4, 0.5) is 4.79 Å². The van der Waals surface area contributed by atoms with Gasteiger partial charge in [-0.2, -0.15) is 0 Å². The molecule has 0 saturated heterocycles. The fourth-order valence-corrected chi connectivity index (χ4v) is 1.14. The first-order chi connectivity index (χ1) is 7.52. The first kappa shape index (κ1) is 14.7. The Morgan fingerprint density at radius 3 is 2.56 bits per heavy atom. The summed E-state index contributed by atoms with van der Waals surface area (Å²) in [5.41, 5.74) is 0. The van der Waals surface area contributed by atoms with Gasteiger partial charge in [0.05, 0.1) is 6.61 Å². The van der Waals surface area contributed by atoms with Gasteiger partial charge in [0.2, 0.25) is 0 Å². The number of carboxylic acids is 1. The zero-order valence-electron chi connectivity index (χ0n) is 10.0. The summed E-state index contributed by atoms with van der Waals surface area (Å²) in [4.78, 5) is 23.7. The van der Waals surface area contributed by atoms with E-state index in [0.717, 1.165) is 0 Å². The van der Waals surface area contributed by atoms with Crippen molar-refractivity contribution in [2.45, 2.75) is 25.8 Å². The molecule has 0 aliphatic rings. The third-order valence-corrected chi connectivity index (χ3v) is 2.15. The first-order valence-electron chi connectivity index (χ1n) is 5.26. The lowest BCUT2D eigenvalue weighted by Gasteiger charge is -2.20. The van der Waals surface area contributed by atoms with Gasteiger partial charge in [-0.15, -0.1) is 0 Å². The molecule has 6 heteroatoms. The quantitative estimate of drug-likeness (QED) is 0.671. The summed E-state index contributed by atoms with van der Waals surface area (Å²) in [6.07, 6.45) is 1.14. The average Bonchev–Trinajstić information content (AvgIpc) is 2.24. The predicted molar refractivity (Wildman–Crippen MR) is 59.4 cm³/mol. The van der Waals surface area contributed by atoms with E-state index in [-0.39, 0.29) is 0 Å². The Hall–Kier alpha value is -1.30. The molecule has 0 aromatic rings. The van der Waals surface area contributed by atoms with Crippen LogP contribution in [0.25, 0.3) is 0 Å². The molecule has 94 valence electrons. The van der Waals surface area contributed by atoms with Gasteiger partial charge >= 0.3 is 12.0 Å². The van der Waals surface area contributed by atoms with Crippen LogP contribution in [0.1, 0.15) is 19.8 Å². The van der Waals surface area contributed by atoms with E-state index in [4.69, 9.17) is 9.84 Å². The Morgan fingerprint density at radius 2 is 2.12 bits per heavy atom. The van der Waals surface area contributed by atoms with E-state index in [1.807, 2.05) is 6.92 Å². The smallest absolute Gasteiger partial charge is 0.326 e. The van der Waals surface area contributed by atoms with Crippen molar-refractivity contribution >= 4 is 12.0 Å². The fourth-order valence-electron chi connectivity index (χ4n) is 1.14. The van der Waals surface area contributed by atoms with Crippen LogP contribution in [-0.2, 0) is 9.53 Å². The first-order valence-corrected chi connectivity index (χ1v) is 5.26. The Labute approximate surface area is 95.6 Å². The van der Waals surface area contributed by atoms with Gasteiger partial charge < -0.3 is 20.1 Å². The lowest BCUT2D eigenvalue weighted by molar-refractivity contribution is -0.139. The molecule has 0 aromatic carbocycles. The van der Waals surface area contributed by atoms with E-state index in [1.165, 1.54) is 4.90 Å². The summed E-state index contributed by atoms with van der Waals surface area (Å²) in [6, 6.07) is -1.21. The number of amides is 2. The lowest BCUT2D eigenvalue weighted by atomic mass is 10.2. The number of hydrogen-bond acceptors (Lipinski definition) is 3. The molecule has 0 aliphatic carbocycles. The van der Waals surface area contributed by atoms with Crippen molar-refractivity contribution in [2.24, 2.45) is 0 Å². The minimum atomic E-state index is -1.00. The van der Waals surface area contributed by atoms with Crippen LogP contribution in [-0.4, -0.2) is 55.4 Å².